The standard InChI is InChI=1S/C15H12BrNO3/c16-13-4-2-1-3-12(13)8-17-20-9-11-5-6-14-15(7-11)19-10-18-14/h1-8H,9-10H2/b17-8-. The third kappa shape index (κ3) is 2.93. The van der Waals surface area contributed by atoms with Crippen LogP contribution in [0.15, 0.2) is 52.1 Å². The number of benzene rings is 2. The first-order valence-corrected chi connectivity index (χ1v) is 6.90. The van der Waals surface area contributed by atoms with Crippen molar-refractivity contribution < 1.29 is 14.3 Å². The van der Waals surface area contributed by atoms with Gasteiger partial charge in [-0.05, 0) is 23.8 Å². The second-order valence-electron chi connectivity index (χ2n) is 4.22. The quantitative estimate of drug-likeness (QED) is 0.632. The van der Waals surface area contributed by atoms with E-state index >= 15 is 0 Å². The minimum Gasteiger partial charge on any atom is -0.454 e. The Hall–Kier alpha value is -2.01. The molecule has 0 amide bonds. The molecule has 0 saturated carbocycles. The van der Waals surface area contributed by atoms with Crippen molar-refractivity contribution in [2.45, 2.75) is 6.61 Å². The van der Waals surface area contributed by atoms with Crippen molar-refractivity contribution in [3.05, 3.63) is 58.1 Å². The second kappa shape index (κ2) is 5.96. The maximum atomic E-state index is 5.31. The summed E-state index contributed by atoms with van der Waals surface area (Å²) in [7, 11) is 0. The van der Waals surface area contributed by atoms with E-state index in [-0.39, 0.29) is 6.79 Å². The molecule has 5 heteroatoms. The van der Waals surface area contributed by atoms with Crippen LogP contribution in [0, 0.1) is 0 Å². The van der Waals surface area contributed by atoms with Crippen molar-refractivity contribution in [3.8, 4) is 11.5 Å². The van der Waals surface area contributed by atoms with Crippen molar-refractivity contribution in [2.75, 3.05) is 6.79 Å². The van der Waals surface area contributed by atoms with Gasteiger partial charge in [0.05, 0.1) is 6.21 Å². The van der Waals surface area contributed by atoms with Crippen molar-refractivity contribution in [1.29, 1.82) is 0 Å². The minimum atomic E-state index is 0.278. The summed E-state index contributed by atoms with van der Waals surface area (Å²) in [5, 5.41) is 3.96. The summed E-state index contributed by atoms with van der Waals surface area (Å²) in [5.74, 6) is 1.52. The van der Waals surface area contributed by atoms with Gasteiger partial charge < -0.3 is 14.3 Å². The Morgan fingerprint density at radius 2 is 2.00 bits per heavy atom. The van der Waals surface area contributed by atoms with Crippen molar-refractivity contribution >= 4 is 22.1 Å². The molecular weight excluding hydrogens is 322 g/mol. The van der Waals surface area contributed by atoms with E-state index in [0.29, 0.717) is 6.61 Å². The van der Waals surface area contributed by atoms with Gasteiger partial charge in [-0.25, -0.2) is 0 Å². The first kappa shape index (κ1) is 13.0. The highest BCUT2D eigenvalue weighted by atomic mass is 79.9. The summed E-state index contributed by atoms with van der Waals surface area (Å²) < 4.78 is 11.5. The summed E-state index contributed by atoms with van der Waals surface area (Å²) >= 11 is 3.45. The lowest BCUT2D eigenvalue weighted by atomic mass is 10.2. The van der Waals surface area contributed by atoms with Gasteiger partial charge in [0.1, 0.15) is 6.61 Å². The molecule has 4 nitrogen and oxygen atoms in total. The number of hydrogen-bond donors (Lipinski definition) is 0. The van der Waals surface area contributed by atoms with E-state index in [9.17, 15) is 0 Å². The number of fused-ring (bicyclic) bond motifs is 1. The lowest BCUT2D eigenvalue weighted by molar-refractivity contribution is 0.132. The van der Waals surface area contributed by atoms with Crippen LogP contribution in [0.3, 0.4) is 0 Å². The molecule has 0 fully saturated rings. The van der Waals surface area contributed by atoms with Gasteiger partial charge in [0.15, 0.2) is 11.5 Å². The number of hydrogen-bond acceptors (Lipinski definition) is 4. The monoisotopic (exact) mass is 333 g/mol. The lowest BCUT2D eigenvalue weighted by Crippen LogP contribution is -1.93. The van der Waals surface area contributed by atoms with Gasteiger partial charge in [0.2, 0.25) is 6.79 Å². The summed E-state index contributed by atoms with van der Waals surface area (Å²) in [5.41, 5.74) is 1.96. The molecule has 20 heavy (non-hydrogen) atoms. The van der Waals surface area contributed by atoms with Crippen LogP contribution in [-0.4, -0.2) is 13.0 Å². The topological polar surface area (TPSA) is 40.0 Å². The fourth-order valence-electron chi connectivity index (χ4n) is 1.82. The van der Waals surface area contributed by atoms with Gasteiger partial charge >= 0.3 is 0 Å². The molecular formula is C15H12BrNO3. The molecule has 0 N–H and O–H groups in total. The first-order valence-electron chi connectivity index (χ1n) is 6.11. The van der Waals surface area contributed by atoms with Crippen LogP contribution in [-0.2, 0) is 11.4 Å². The van der Waals surface area contributed by atoms with Crippen molar-refractivity contribution in [1.82, 2.24) is 0 Å². The van der Waals surface area contributed by atoms with Gasteiger partial charge in [-0.1, -0.05) is 45.4 Å². The Bertz CT molecular complexity index is 643. The molecule has 2 aromatic rings. The molecule has 0 spiro atoms. The average molecular weight is 334 g/mol. The summed E-state index contributed by atoms with van der Waals surface area (Å²) in [4.78, 5) is 5.29. The lowest BCUT2D eigenvalue weighted by Gasteiger charge is -2.02. The number of nitrogens with zero attached hydrogens (tertiary/aromatic N) is 1. The van der Waals surface area contributed by atoms with Crippen LogP contribution in [0.1, 0.15) is 11.1 Å². The molecule has 102 valence electrons. The van der Waals surface area contributed by atoms with E-state index in [1.807, 2.05) is 42.5 Å². The largest absolute Gasteiger partial charge is 0.454 e. The molecule has 0 aromatic heterocycles. The van der Waals surface area contributed by atoms with E-state index in [1.54, 1.807) is 6.21 Å². The fraction of sp³-hybridized carbons (Fsp3) is 0.133. The molecule has 0 unspecified atom stereocenters. The van der Waals surface area contributed by atoms with Crippen molar-refractivity contribution in [3.63, 3.8) is 0 Å². The number of halogens is 1. The van der Waals surface area contributed by atoms with Crippen LogP contribution in [0.5, 0.6) is 11.5 Å². The molecule has 1 aliphatic heterocycles. The smallest absolute Gasteiger partial charge is 0.231 e. The normalized spacial score (nSPS) is 12.8. The second-order valence-corrected chi connectivity index (χ2v) is 5.07. The van der Waals surface area contributed by atoms with Crippen LogP contribution in [0.2, 0.25) is 0 Å². The zero-order valence-electron chi connectivity index (χ0n) is 10.6. The van der Waals surface area contributed by atoms with E-state index in [2.05, 4.69) is 21.1 Å². The van der Waals surface area contributed by atoms with Crippen LogP contribution in [0.4, 0.5) is 0 Å². The Morgan fingerprint density at radius 1 is 1.15 bits per heavy atom. The zero-order valence-corrected chi connectivity index (χ0v) is 12.2. The van der Waals surface area contributed by atoms with Gasteiger partial charge in [-0.15, -0.1) is 0 Å². The fourth-order valence-corrected chi connectivity index (χ4v) is 2.20. The summed E-state index contributed by atoms with van der Waals surface area (Å²) in [6, 6.07) is 13.5. The van der Waals surface area contributed by atoms with E-state index in [4.69, 9.17) is 14.3 Å². The van der Waals surface area contributed by atoms with Crippen molar-refractivity contribution in [2.24, 2.45) is 5.16 Å². The molecule has 0 bridgehead atoms. The van der Waals surface area contributed by atoms with Gasteiger partial charge in [-0.2, -0.15) is 0 Å². The number of rotatable bonds is 4. The van der Waals surface area contributed by atoms with Crippen LogP contribution < -0.4 is 9.47 Å². The highest BCUT2D eigenvalue weighted by Gasteiger charge is 2.12. The van der Waals surface area contributed by atoms with Gasteiger partial charge in [0, 0.05) is 10.0 Å². The number of oxime groups is 1. The molecule has 1 heterocycles. The molecule has 0 saturated heterocycles. The Balaban J connectivity index is 1.59. The molecule has 2 aromatic carbocycles. The highest BCUT2D eigenvalue weighted by Crippen LogP contribution is 2.32. The Kier molecular flexibility index (Phi) is 3.87. The maximum absolute atomic E-state index is 5.31. The predicted molar refractivity (Wildman–Crippen MR) is 79.1 cm³/mol. The van der Waals surface area contributed by atoms with E-state index < -0.39 is 0 Å². The molecule has 0 radical (unpaired) electrons. The Labute approximate surface area is 125 Å². The third-order valence-electron chi connectivity index (χ3n) is 2.84. The van der Waals surface area contributed by atoms with Gasteiger partial charge in [-0.3, -0.25) is 0 Å². The summed E-state index contributed by atoms with van der Waals surface area (Å²) in [6.07, 6.45) is 1.68. The van der Waals surface area contributed by atoms with Crippen LogP contribution in [0.25, 0.3) is 0 Å². The maximum Gasteiger partial charge on any atom is 0.231 e. The predicted octanol–water partition coefficient (Wildman–Crippen LogP) is 3.73. The highest BCUT2D eigenvalue weighted by molar-refractivity contribution is 9.10. The summed E-state index contributed by atoms with van der Waals surface area (Å²) in [6.45, 7) is 0.664. The van der Waals surface area contributed by atoms with E-state index in [1.165, 1.54) is 0 Å². The minimum absolute atomic E-state index is 0.278. The molecule has 0 aliphatic carbocycles. The van der Waals surface area contributed by atoms with Gasteiger partial charge in [0.25, 0.3) is 0 Å². The molecule has 0 atom stereocenters. The zero-order chi connectivity index (χ0) is 13.8. The molecule has 1 aliphatic rings. The SMILES string of the molecule is Brc1ccccc1/C=N\OCc1ccc2c(c1)OCO2. The average Bonchev–Trinajstić information content (AvgIpc) is 2.93. The van der Waals surface area contributed by atoms with E-state index in [0.717, 1.165) is 27.1 Å². The number of ether oxygens (including phenoxy) is 2. The van der Waals surface area contributed by atoms with Crippen LogP contribution >= 0.6 is 15.9 Å². The Morgan fingerprint density at radius 3 is 2.90 bits per heavy atom. The molecule has 3 rings (SSSR count). The first-order chi connectivity index (χ1) is 9.83. The third-order valence-corrected chi connectivity index (χ3v) is 3.56.